The van der Waals surface area contributed by atoms with E-state index in [-0.39, 0.29) is 18.0 Å². The maximum atomic E-state index is 12.8. The minimum absolute atomic E-state index is 0.0325. The highest BCUT2D eigenvalue weighted by Gasteiger charge is 2.49. The number of urea groups is 1. The fraction of sp³-hybridized carbons (Fsp3) is 0.200. The van der Waals surface area contributed by atoms with Gasteiger partial charge in [-0.25, -0.2) is 9.78 Å². The minimum Gasteiger partial charge on any atom is -0.319 e. The number of hydrogen-bond donors (Lipinski definition) is 1. The zero-order valence-corrected chi connectivity index (χ0v) is 14.2. The summed E-state index contributed by atoms with van der Waals surface area (Å²) in [5.74, 6) is -0.344. The first-order valence-electron chi connectivity index (χ1n) is 7.13. The number of carbonyl (C=O) groups excluding carboxylic acids is 2. The number of nitrogens with one attached hydrogen (secondary N) is 1. The lowest BCUT2D eigenvalue weighted by atomic mass is 10.0. The lowest BCUT2D eigenvalue weighted by Gasteiger charge is -2.19. The van der Waals surface area contributed by atoms with Crippen LogP contribution >= 0.6 is 22.7 Å². The van der Waals surface area contributed by atoms with Gasteiger partial charge in [0.15, 0.2) is 10.5 Å². The summed E-state index contributed by atoms with van der Waals surface area (Å²) in [7, 11) is 0. The molecule has 3 aromatic rings. The maximum Gasteiger partial charge on any atom is 0.325 e. The van der Waals surface area contributed by atoms with Gasteiger partial charge in [0, 0.05) is 22.5 Å². The number of imide groups is 1. The number of carbonyl (C=O) groups is 2. The average Bonchev–Trinajstić information content (AvgIpc) is 3.25. The summed E-state index contributed by atoms with van der Waals surface area (Å²) in [4.78, 5) is 43.9. The van der Waals surface area contributed by atoms with E-state index < -0.39 is 11.6 Å². The van der Waals surface area contributed by atoms with Crippen molar-refractivity contribution in [1.29, 1.82) is 0 Å². The first-order chi connectivity index (χ1) is 11.5. The summed E-state index contributed by atoms with van der Waals surface area (Å²) >= 11 is 2.73. The number of fused-ring (bicyclic) bond motifs is 1. The molecule has 9 heteroatoms. The Kier molecular flexibility index (Phi) is 3.29. The second kappa shape index (κ2) is 5.25. The average molecular weight is 360 g/mol. The van der Waals surface area contributed by atoms with E-state index in [0.29, 0.717) is 10.7 Å². The van der Waals surface area contributed by atoms with Gasteiger partial charge in [-0.3, -0.25) is 18.9 Å². The number of aromatic nitrogens is 2. The molecule has 4 rings (SSSR count). The standard InChI is InChI=1S/C15H12N4O3S2/c1-15(10-3-2-5-23-10)12(21)19(13(22)17-15)8-9-7-11(20)18-4-6-24-14(18)16-9/h2-7H,8H2,1H3,(H,17,22). The molecule has 24 heavy (non-hydrogen) atoms. The van der Waals surface area contributed by atoms with Gasteiger partial charge in [0.25, 0.3) is 11.5 Å². The van der Waals surface area contributed by atoms with Crippen molar-refractivity contribution in [3.8, 4) is 0 Å². The third kappa shape index (κ3) is 2.16. The summed E-state index contributed by atoms with van der Waals surface area (Å²) in [6, 6.07) is 4.51. The van der Waals surface area contributed by atoms with Crippen LogP contribution in [0.5, 0.6) is 0 Å². The zero-order valence-electron chi connectivity index (χ0n) is 12.6. The van der Waals surface area contributed by atoms with Crippen molar-refractivity contribution in [2.75, 3.05) is 0 Å². The molecular weight excluding hydrogens is 348 g/mol. The van der Waals surface area contributed by atoms with Gasteiger partial charge >= 0.3 is 6.03 Å². The van der Waals surface area contributed by atoms with Gasteiger partial charge in [0.05, 0.1) is 12.2 Å². The Morgan fingerprint density at radius 2 is 2.08 bits per heavy atom. The predicted octanol–water partition coefficient (Wildman–Crippen LogP) is 1.78. The Morgan fingerprint density at radius 1 is 1.25 bits per heavy atom. The first kappa shape index (κ1) is 15.0. The number of nitrogens with zero attached hydrogens (tertiary/aromatic N) is 3. The highest BCUT2D eigenvalue weighted by Crippen LogP contribution is 2.32. The summed E-state index contributed by atoms with van der Waals surface area (Å²) in [6.45, 7) is 1.65. The molecule has 3 amide bonds. The molecule has 0 radical (unpaired) electrons. The van der Waals surface area contributed by atoms with Crippen molar-refractivity contribution in [3.63, 3.8) is 0 Å². The van der Waals surface area contributed by atoms with Crippen LogP contribution in [-0.4, -0.2) is 26.2 Å². The Morgan fingerprint density at radius 3 is 2.83 bits per heavy atom. The SMILES string of the molecule is CC1(c2cccs2)NC(=O)N(Cc2cc(=O)n3ccsc3n2)C1=O. The molecule has 1 saturated heterocycles. The number of thiophene rings is 1. The topological polar surface area (TPSA) is 83.8 Å². The molecule has 0 aromatic carbocycles. The van der Waals surface area contributed by atoms with Crippen LogP contribution in [0.4, 0.5) is 4.79 Å². The zero-order chi connectivity index (χ0) is 16.9. The summed E-state index contributed by atoms with van der Waals surface area (Å²) in [5, 5.41) is 6.35. The fourth-order valence-corrected chi connectivity index (χ4v) is 4.28. The lowest BCUT2D eigenvalue weighted by Crippen LogP contribution is -2.40. The van der Waals surface area contributed by atoms with Gasteiger partial charge in [0.2, 0.25) is 0 Å². The number of thiazole rings is 1. The van der Waals surface area contributed by atoms with E-state index in [1.165, 1.54) is 33.1 Å². The molecule has 0 bridgehead atoms. The van der Waals surface area contributed by atoms with Gasteiger partial charge in [-0.05, 0) is 18.4 Å². The van der Waals surface area contributed by atoms with Crippen molar-refractivity contribution in [2.45, 2.75) is 19.0 Å². The summed E-state index contributed by atoms with van der Waals surface area (Å²) in [5.41, 5.74) is -0.918. The number of rotatable bonds is 3. The highest BCUT2D eigenvalue weighted by atomic mass is 32.1. The smallest absolute Gasteiger partial charge is 0.319 e. The van der Waals surface area contributed by atoms with Gasteiger partial charge in [-0.2, -0.15) is 0 Å². The molecule has 1 aliphatic rings. The third-order valence-electron chi connectivity index (χ3n) is 3.97. The monoisotopic (exact) mass is 360 g/mol. The van der Waals surface area contributed by atoms with E-state index in [0.717, 1.165) is 9.78 Å². The molecule has 0 saturated carbocycles. The summed E-state index contributed by atoms with van der Waals surface area (Å²) in [6.07, 6.45) is 1.64. The molecule has 1 aliphatic heterocycles. The van der Waals surface area contributed by atoms with Gasteiger partial charge in [0.1, 0.15) is 0 Å². The molecule has 122 valence electrons. The van der Waals surface area contributed by atoms with Gasteiger partial charge in [-0.1, -0.05) is 6.07 Å². The van der Waals surface area contributed by atoms with Crippen LogP contribution in [0.1, 0.15) is 17.5 Å². The lowest BCUT2D eigenvalue weighted by molar-refractivity contribution is -0.131. The van der Waals surface area contributed by atoms with Gasteiger partial charge < -0.3 is 5.32 Å². The molecule has 1 N–H and O–H groups in total. The van der Waals surface area contributed by atoms with E-state index in [4.69, 9.17) is 0 Å². The van der Waals surface area contributed by atoms with Crippen LogP contribution in [0.3, 0.4) is 0 Å². The van der Waals surface area contributed by atoms with Crippen LogP contribution in [0.15, 0.2) is 40.0 Å². The first-order valence-corrected chi connectivity index (χ1v) is 8.89. The molecule has 1 atom stereocenters. The van der Waals surface area contributed by atoms with Crippen LogP contribution in [0.2, 0.25) is 0 Å². The largest absolute Gasteiger partial charge is 0.325 e. The van der Waals surface area contributed by atoms with Crippen molar-refractivity contribution < 1.29 is 9.59 Å². The quantitative estimate of drug-likeness (QED) is 0.722. The Hall–Kier alpha value is -2.52. The van der Waals surface area contributed by atoms with Crippen LogP contribution in [-0.2, 0) is 16.9 Å². The van der Waals surface area contributed by atoms with E-state index in [1.807, 2.05) is 17.5 Å². The summed E-state index contributed by atoms with van der Waals surface area (Å²) < 4.78 is 1.43. The molecule has 3 aromatic heterocycles. The predicted molar refractivity (Wildman–Crippen MR) is 90.1 cm³/mol. The van der Waals surface area contributed by atoms with Crippen LogP contribution < -0.4 is 10.9 Å². The fourth-order valence-electron chi connectivity index (χ4n) is 2.70. The molecule has 0 spiro atoms. The van der Waals surface area contributed by atoms with E-state index in [1.54, 1.807) is 18.5 Å². The van der Waals surface area contributed by atoms with E-state index in [2.05, 4.69) is 10.3 Å². The molecule has 1 fully saturated rings. The van der Waals surface area contributed by atoms with E-state index in [9.17, 15) is 14.4 Å². The number of amides is 3. The normalized spacial score (nSPS) is 20.8. The van der Waals surface area contributed by atoms with Crippen LogP contribution in [0.25, 0.3) is 4.96 Å². The number of hydrogen-bond acceptors (Lipinski definition) is 6. The molecule has 4 heterocycles. The second-order valence-electron chi connectivity index (χ2n) is 5.57. The molecule has 7 nitrogen and oxygen atoms in total. The minimum atomic E-state index is -1.08. The Balaban J connectivity index is 1.68. The second-order valence-corrected chi connectivity index (χ2v) is 7.39. The van der Waals surface area contributed by atoms with Crippen molar-refractivity contribution in [2.24, 2.45) is 0 Å². The van der Waals surface area contributed by atoms with Crippen molar-refractivity contribution in [3.05, 3.63) is 56.1 Å². The van der Waals surface area contributed by atoms with Crippen molar-refractivity contribution in [1.82, 2.24) is 19.6 Å². The van der Waals surface area contributed by atoms with Crippen LogP contribution in [0, 0.1) is 0 Å². The van der Waals surface area contributed by atoms with Crippen molar-refractivity contribution >= 4 is 39.6 Å². The third-order valence-corrected chi connectivity index (χ3v) is 5.81. The van der Waals surface area contributed by atoms with E-state index >= 15 is 0 Å². The molecule has 0 aliphatic carbocycles. The highest BCUT2D eigenvalue weighted by molar-refractivity contribution is 7.15. The Labute approximate surface area is 144 Å². The maximum absolute atomic E-state index is 12.8. The molecular formula is C15H12N4O3S2. The molecule has 1 unspecified atom stereocenters. The van der Waals surface area contributed by atoms with Gasteiger partial charge in [-0.15, -0.1) is 22.7 Å². The Bertz CT molecular complexity index is 1010.